The van der Waals surface area contributed by atoms with Crippen LogP contribution < -0.4 is 0 Å². The van der Waals surface area contributed by atoms with E-state index >= 15 is 0 Å². The Labute approximate surface area is 349 Å². The lowest BCUT2D eigenvalue weighted by Gasteiger charge is -2.15. The fraction of sp³-hybridized carbons (Fsp3) is 0. The normalized spacial score (nSPS) is 16.2. The quantitative estimate of drug-likeness (QED) is 0.155. The van der Waals surface area contributed by atoms with Crippen molar-refractivity contribution in [3.05, 3.63) is 206 Å². The zero-order chi connectivity index (χ0) is 51.5. The molecule has 0 amide bonds. The molecule has 0 unspecified atom stereocenters. The highest BCUT2D eigenvalue weighted by atomic mass is 14.2. The molecule has 12 aromatic carbocycles. The van der Waals surface area contributed by atoms with Gasteiger partial charge in [-0.1, -0.05) is 188 Å². The van der Waals surface area contributed by atoms with Gasteiger partial charge in [-0.2, -0.15) is 0 Å². The van der Waals surface area contributed by atoms with Crippen LogP contribution in [0.5, 0.6) is 0 Å². The van der Waals surface area contributed by atoms with E-state index in [9.17, 15) is 4.11 Å². The molecule has 0 atom stereocenters. The second-order valence-electron chi connectivity index (χ2n) is 13.9. The van der Waals surface area contributed by atoms with Crippen molar-refractivity contribution in [2.24, 2.45) is 0 Å². The van der Waals surface area contributed by atoms with E-state index in [4.69, 9.17) is 19.2 Å². The second kappa shape index (κ2) is 12.1. The van der Waals surface area contributed by atoms with Gasteiger partial charge >= 0.3 is 0 Å². The predicted octanol–water partition coefficient (Wildman–Crippen LogP) is 15.8. The highest BCUT2D eigenvalue weighted by Gasteiger charge is 2.15. The van der Waals surface area contributed by atoms with Crippen LogP contribution >= 0.6 is 0 Å². The molecule has 0 heteroatoms. The molecular formula is C56H34. The maximum absolute atomic E-state index is 9.26. The van der Waals surface area contributed by atoms with E-state index < -0.39 is 54.4 Å². The Balaban J connectivity index is 1.01. The molecule has 0 aromatic heterocycles. The molecule has 0 spiro atoms. The molecule has 0 heterocycles. The molecule has 0 bridgehead atoms. The SMILES string of the molecule is [2H]c1c([2H])c2c([2H])c([2H])c3c([2H])cc(-c4ccc(-c5cc(-c6ccccc6)cc(-c6ccc(-c7c([2H])c([2H])c8c([2H])c([2H])c9c([2H])c([2H])c([2H])c%10c([2H])c([2H])c7c8c9%10)cc6)c5)cc4)c4c([2H])c([2H])c(c1[2H])c2c34. The molecule has 0 nitrogen and oxygen atoms in total. The van der Waals surface area contributed by atoms with Crippen molar-refractivity contribution in [1.29, 1.82) is 0 Å². The molecule has 0 aliphatic heterocycles. The summed E-state index contributed by atoms with van der Waals surface area (Å²) in [5, 5.41) is 0.589. The molecule has 0 aliphatic rings. The minimum Gasteiger partial charge on any atom is -0.0622 e. The van der Waals surface area contributed by atoms with Gasteiger partial charge in [-0.15, -0.1) is 0 Å². The fourth-order valence-corrected chi connectivity index (χ4v) is 8.06. The van der Waals surface area contributed by atoms with Crippen LogP contribution in [-0.4, -0.2) is 0 Å². The van der Waals surface area contributed by atoms with Crippen LogP contribution in [0.3, 0.4) is 0 Å². The lowest BCUT2D eigenvalue weighted by molar-refractivity contribution is 1.56. The highest BCUT2D eigenvalue weighted by Crippen LogP contribution is 2.42. The van der Waals surface area contributed by atoms with Crippen LogP contribution in [0.2, 0.25) is 0 Å². The van der Waals surface area contributed by atoms with Crippen LogP contribution in [-0.2, 0) is 0 Å². The van der Waals surface area contributed by atoms with Gasteiger partial charge in [-0.25, -0.2) is 0 Å². The first-order valence-corrected chi connectivity index (χ1v) is 18.1. The Kier molecular flexibility index (Phi) is 4.08. The van der Waals surface area contributed by atoms with E-state index in [0.717, 1.165) is 33.4 Å². The summed E-state index contributed by atoms with van der Waals surface area (Å²) in [5.74, 6) is 0. The molecule has 0 radical (unpaired) electrons. The molecule has 12 rings (SSSR count). The Hall–Kier alpha value is -7.28. The maximum Gasteiger partial charge on any atom is 0.0630 e. The van der Waals surface area contributed by atoms with Crippen molar-refractivity contribution >= 4 is 64.6 Å². The van der Waals surface area contributed by atoms with Crippen molar-refractivity contribution in [2.75, 3.05) is 0 Å². The van der Waals surface area contributed by atoms with Gasteiger partial charge in [0, 0.05) is 0 Å². The Morgan fingerprint density at radius 3 is 1.14 bits per heavy atom. The first-order chi connectivity index (χ1) is 34.8. The van der Waals surface area contributed by atoms with E-state index in [0.29, 0.717) is 16.7 Å². The molecule has 0 N–H and O–H groups in total. The van der Waals surface area contributed by atoms with Gasteiger partial charge in [0.15, 0.2) is 0 Å². The van der Waals surface area contributed by atoms with Gasteiger partial charge in [0.2, 0.25) is 0 Å². The number of rotatable bonds is 5. The van der Waals surface area contributed by atoms with Gasteiger partial charge in [0.05, 0.1) is 23.3 Å². The third-order valence-electron chi connectivity index (χ3n) is 10.8. The maximum atomic E-state index is 9.26. The van der Waals surface area contributed by atoms with Gasteiger partial charge in [0.25, 0.3) is 0 Å². The van der Waals surface area contributed by atoms with Crippen molar-refractivity contribution in [2.45, 2.75) is 0 Å². The van der Waals surface area contributed by atoms with Crippen molar-refractivity contribution in [3.63, 3.8) is 0 Å². The summed E-state index contributed by atoms with van der Waals surface area (Å²) in [6.45, 7) is 0. The van der Waals surface area contributed by atoms with Crippen LogP contribution in [0.15, 0.2) is 206 Å². The molecule has 0 aliphatic carbocycles. The van der Waals surface area contributed by atoms with E-state index in [1.807, 2.05) is 78.9 Å². The van der Waals surface area contributed by atoms with Crippen molar-refractivity contribution < 1.29 is 23.3 Å². The molecule has 0 saturated heterocycles. The number of hydrogen-bond donors (Lipinski definition) is 0. The molecule has 56 heavy (non-hydrogen) atoms. The molecular weight excluding hydrogens is 673 g/mol. The number of benzene rings is 12. The van der Waals surface area contributed by atoms with E-state index in [1.165, 1.54) is 6.07 Å². The van der Waals surface area contributed by atoms with Crippen LogP contribution in [0.1, 0.15) is 23.3 Å². The second-order valence-corrected chi connectivity index (χ2v) is 13.9. The third kappa shape index (κ3) is 4.79. The molecule has 12 aromatic rings. The van der Waals surface area contributed by atoms with Gasteiger partial charge in [-0.05, 0) is 138 Å². The first-order valence-electron chi connectivity index (χ1n) is 26.6. The summed E-state index contributed by atoms with van der Waals surface area (Å²) in [7, 11) is 0. The highest BCUT2D eigenvalue weighted by molar-refractivity contribution is 6.26. The molecule has 0 fully saturated rings. The summed E-state index contributed by atoms with van der Waals surface area (Å²) >= 11 is 0. The van der Waals surface area contributed by atoms with Crippen LogP contribution in [0.4, 0.5) is 0 Å². The summed E-state index contributed by atoms with van der Waals surface area (Å²) in [4.78, 5) is 0. The summed E-state index contributed by atoms with van der Waals surface area (Å²) in [6.07, 6.45) is 0. The standard InChI is InChI=1S/C56H34/c1-2-6-35(7-3-1)46-32-47(36-12-16-38(17-13-36)49-28-24-44-22-20-40-8-4-10-42-26-30-51(49)55(44)53(40)42)34-48(33-46)37-14-18-39(19-15-37)50-29-25-45-23-21-41-9-5-11-43-27-31-52(50)56(45)54(41)43/h1-34H/i4D,5D,8D,9D,10D,11D,20D,21D,22D,23D,24D,25D,26D,27D,28D,30D,31D. The summed E-state index contributed by atoms with van der Waals surface area (Å²) in [5.41, 5.74) is 6.67. The monoisotopic (exact) mass is 723 g/mol. The largest absolute Gasteiger partial charge is 0.0630 e. The first kappa shape index (κ1) is 18.8. The van der Waals surface area contributed by atoms with Crippen LogP contribution in [0.25, 0.3) is 120 Å². The summed E-state index contributed by atoms with van der Waals surface area (Å²) < 4.78 is 151. The van der Waals surface area contributed by atoms with Gasteiger partial charge in [-0.3, -0.25) is 0 Å². The topological polar surface area (TPSA) is 0 Å². The van der Waals surface area contributed by atoms with Crippen LogP contribution in [0, 0.1) is 0 Å². The lowest BCUT2D eigenvalue weighted by Crippen LogP contribution is -1.89. The average molecular weight is 724 g/mol. The average Bonchev–Trinajstić information content (AvgIpc) is 3.39. The van der Waals surface area contributed by atoms with Gasteiger partial charge in [0.1, 0.15) is 0 Å². The Morgan fingerprint density at radius 2 is 0.625 bits per heavy atom. The zero-order valence-electron chi connectivity index (χ0n) is 46.3. The fourth-order valence-electron chi connectivity index (χ4n) is 8.06. The zero-order valence-corrected chi connectivity index (χ0v) is 29.3. The summed E-state index contributed by atoms with van der Waals surface area (Å²) in [6, 6.07) is 25.6. The smallest absolute Gasteiger partial charge is 0.0622 e. The van der Waals surface area contributed by atoms with Gasteiger partial charge < -0.3 is 0 Å². The Bertz CT molecular complexity index is 4370. The predicted molar refractivity (Wildman–Crippen MR) is 241 cm³/mol. The number of hydrogen-bond acceptors (Lipinski definition) is 0. The Morgan fingerprint density at radius 1 is 0.250 bits per heavy atom. The van der Waals surface area contributed by atoms with E-state index in [2.05, 4.69) is 6.07 Å². The van der Waals surface area contributed by atoms with Crippen molar-refractivity contribution in [3.8, 4) is 55.6 Å². The lowest BCUT2D eigenvalue weighted by atomic mass is 9.88. The minimum atomic E-state index is -0.531. The van der Waals surface area contributed by atoms with E-state index in [1.54, 1.807) is 12.1 Å². The van der Waals surface area contributed by atoms with Crippen molar-refractivity contribution in [1.82, 2.24) is 0 Å². The molecule has 258 valence electrons. The minimum absolute atomic E-state index is 0.0624. The van der Waals surface area contributed by atoms with E-state index in [-0.39, 0.29) is 119 Å². The molecule has 0 saturated carbocycles. The third-order valence-corrected chi connectivity index (χ3v) is 10.8.